The molecule has 3 aromatic rings. The first kappa shape index (κ1) is 17.0. The summed E-state index contributed by atoms with van der Waals surface area (Å²) < 4.78 is 5.43. The Morgan fingerprint density at radius 2 is 1.96 bits per heavy atom. The minimum Gasteiger partial charge on any atom is -0.477 e. The van der Waals surface area contributed by atoms with Crippen LogP contribution in [-0.2, 0) is 4.79 Å². The molecule has 0 spiro atoms. The van der Waals surface area contributed by atoms with Crippen molar-refractivity contribution in [2.75, 3.05) is 18.0 Å². The minimum atomic E-state index is -1.31. The summed E-state index contributed by atoms with van der Waals surface area (Å²) in [6, 6.07) is 3.28. The van der Waals surface area contributed by atoms with Crippen LogP contribution in [-0.4, -0.2) is 48.9 Å². The van der Waals surface area contributed by atoms with Crippen molar-refractivity contribution in [2.45, 2.75) is 12.8 Å². The first-order valence-corrected chi connectivity index (χ1v) is 9.65. The number of carboxylic acid groups (broad SMARTS) is 1. The van der Waals surface area contributed by atoms with Crippen LogP contribution in [0.2, 0.25) is 0 Å². The number of aromatic carboxylic acids is 1. The summed E-state index contributed by atoms with van der Waals surface area (Å²) in [6.45, 7) is 1.23. The quantitative estimate of drug-likeness (QED) is 0.685. The lowest BCUT2D eigenvalue weighted by atomic mass is 9.92. The average molecular weight is 397 g/mol. The van der Waals surface area contributed by atoms with E-state index in [0.717, 1.165) is 24.4 Å². The highest BCUT2D eigenvalue weighted by Crippen LogP contribution is 2.36. The van der Waals surface area contributed by atoms with Gasteiger partial charge < -0.3 is 10.0 Å². The fourth-order valence-electron chi connectivity index (χ4n) is 3.49. The first-order valence-electron chi connectivity index (χ1n) is 8.88. The van der Waals surface area contributed by atoms with E-state index in [1.54, 1.807) is 12.1 Å². The number of fused-ring (bicyclic) bond motifs is 1. The highest BCUT2D eigenvalue weighted by atomic mass is 32.1. The van der Waals surface area contributed by atoms with Gasteiger partial charge in [0, 0.05) is 36.7 Å². The Bertz CT molecular complexity index is 1160. The van der Waals surface area contributed by atoms with Gasteiger partial charge in [0.05, 0.1) is 11.3 Å². The van der Waals surface area contributed by atoms with E-state index >= 15 is 0 Å². The standard InChI is InChI=1S/C18H15N5O4S/c24-14(9-1-2-9)10-5-22(6-10)13-4-3-11-15(25)12(17(26)27)7-23(16(11)21-13)18-19-8-20-28-18/h3-4,7-10H,1-2,5-6H2,(H,26,27). The molecule has 1 saturated heterocycles. The zero-order valence-electron chi connectivity index (χ0n) is 14.6. The number of rotatable bonds is 5. The van der Waals surface area contributed by atoms with E-state index in [0.29, 0.717) is 35.5 Å². The first-order chi connectivity index (χ1) is 13.5. The van der Waals surface area contributed by atoms with Crippen molar-refractivity contribution in [3.05, 3.63) is 40.4 Å². The minimum absolute atomic E-state index is 0.0461. The molecule has 0 unspecified atom stereocenters. The van der Waals surface area contributed by atoms with Gasteiger partial charge in [-0.05, 0) is 25.0 Å². The van der Waals surface area contributed by atoms with E-state index in [9.17, 15) is 19.5 Å². The summed E-state index contributed by atoms with van der Waals surface area (Å²) in [6.07, 6.45) is 4.60. The predicted octanol–water partition coefficient (Wildman–Crippen LogP) is 1.35. The van der Waals surface area contributed by atoms with Gasteiger partial charge in [-0.25, -0.2) is 14.8 Å². The van der Waals surface area contributed by atoms with Gasteiger partial charge in [0.25, 0.3) is 0 Å². The molecule has 0 radical (unpaired) electrons. The molecule has 1 aliphatic carbocycles. The number of carboxylic acids is 1. The van der Waals surface area contributed by atoms with Crippen molar-refractivity contribution >= 4 is 40.1 Å². The van der Waals surface area contributed by atoms with Gasteiger partial charge in [0.2, 0.25) is 10.6 Å². The van der Waals surface area contributed by atoms with Crippen molar-refractivity contribution in [1.82, 2.24) is 18.9 Å². The lowest BCUT2D eigenvalue weighted by molar-refractivity contribution is -0.124. The van der Waals surface area contributed by atoms with Crippen LogP contribution in [0.25, 0.3) is 16.2 Å². The molecule has 9 nitrogen and oxygen atoms in total. The van der Waals surface area contributed by atoms with Crippen LogP contribution in [0.4, 0.5) is 5.82 Å². The number of nitrogens with zero attached hydrogens (tertiary/aromatic N) is 5. The van der Waals surface area contributed by atoms with Crippen molar-refractivity contribution in [2.24, 2.45) is 11.8 Å². The van der Waals surface area contributed by atoms with Crippen LogP contribution in [0.1, 0.15) is 23.2 Å². The lowest BCUT2D eigenvalue weighted by Crippen LogP contribution is -2.51. The second-order valence-electron chi connectivity index (χ2n) is 7.09. The summed E-state index contributed by atoms with van der Waals surface area (Å²) in [4.78, 5) is 46.9. The monoisotopic (exact) mass is 397 g/mol. The maximum absolute atomic E-state index is 12.6. The number of aromatic nitrogens is 4. The molecule has 2 aliphatic rings. The number of Topliss-reactive ketones (excluding diaryl/α,β-unsaturated/α-hetero) is 1. The molecule has 0 bridgehead atoms. The molecule has 0 amide bonds. The molecule has 4 heterocycles. The van der Waals surface area contributed by atoms with Gasteiger partial charge in [-0.2, -0.15) is 4.37 Å². The normalized spacial score (nSPS) is 16.9. The lowest BCUT2D eigenvalue weighted by Gasteiger charge is -2.39. The van der Waals surface area contributed by atoms with E-state index in [4.69, 9.17) is 0 Å². The number of carbonyl (C=O) groups excluding carboxylic acids is 1. The summed E-state index contributed by atoms with van der Waals surface area (Å²) in [5.41, 5.74) is -0.620. The Morgan fingerprint density at radius 3 is 2.61 bits per heavy atom. The maximum atomic E-state index is 12.6. The predicted molar refractivity (Wildman–Crippen MR) is 101 cm³/mol. The number of hydrogen-bond acceptors (Lipinski definition) is 8. The van der Waals surface area contributed by atoms with Gasteiger partial charge in [-0.3, -0.25) is 14.2 Å². The van der Waals surface area contributed by atoms with Gasteiger partial charge in [0.1, 0.15) is 23.5 Å². The SMILES string of the molecule is O=C(O)c1cn(-c2ncns2)c2nc(N3CC(C(=O)C4CC4)C3)ccc2c1=O. The third-order valence-corrected chi connectivity index (χ3v) is 5.87. The molecule has 1 saturated carbocycles. The Balaban J connectivity index is 1.56. The number of ketones is 1. The number of carbonyl (C=O) groups is 2. The summed E-state index contributed by atoms with van der Waals surface area (Å²) >= 11 is 1.07. The number of anilines is 1. The molecule has 0 atom stereocenters. The third-order valence-electron chi connectivity index (χ3n) is 5.21. The molecule has 5 rings (SSSR count). The molecule has 10 heteroatoms. The van der Waals surface area contributed by atoms with Gasteiger partial charge in [0.15, 0.2) is 5.65 Å². The highest BCUT2D eigenvalue weighted by Gasteiger charge is 2.41. The summed E-state index contributed by atoms with van der Waals surface area (Å²) in [5, 5.41) is 9.98. The van der Waals surface area contributed by atoms with Crippen LogP contribution < -0.4 is 10.3 Å². The van der Waals surface area contributed by atoms with Crippen molar-refractivity contribution in [3.63, 3.8) is 0 Å². The zero-order valence-corrected chi connectivity index (χ0v) is 15.4. The average Bonchev–Trinajstić information content (AvgIpc) is 3.36. The Labute approximate surface area is 162 Å². The van der Waals surface area contributed by atoms with E-state index < -0.39 is 11.4 Å². The maximum Gasteiger partial charge on any atom is 0.341 e. The van der Waals surface area contributed by atoms with E-state index in [2.05, 4.69) is 14.3 Å². The zero-order chi connectivity index (χ0) is 19.4. The second-order valence-corrected chi connectivity index (χ2v) is 7.85. The smallest absolute Gasteiger partial charge is 0.341 e. The molecule has 1 aliphatic heterocycles. The van der Waals surface area contributed by atoms with Crippen molar-refractivity contribution in [3.8, 4) is 5.13 Å². The number of hydrogen-bond donors (Lipinski definition) is 1. The molecular formula is C18H15N5O4S. The Kier molecular flexibility index (Phi) is 3.76. The largest absolute Gasteiger partial charge is 0.477 e. The highest BCUT2D eigenvalue weighted by molar-refractivity contribution is 7.08. The van der Waals surface area contributed by atoms with Crippen molar-refractivity contribution in [1.29, 1.82) is 0 Å². The van der Waals surface area contributed by atoms with Crippen molar-refractivity contribution < 1.29 is 14.7 Å². The molecule has 0 aromatic carbocycles. The van der Waals surface area contributed by atoms with E-state index in [1.165, 1.54) is 17.1 Å². The summed E-state index contributed by atoms with van der Waals surface area (Å²) in [5.74, 6) is -0.0288. The van der Waals surface area contributed by atoms with Crippen LogP contribution >= 0.6 is 11.5 Å². The number of pyridine rings is 2. The molecule has 28 heavy (non-hydrogen) atoms. The van der Waals surface area contributed by atoms with Crippen LogP contribution in [0.15, 0.2) is 29.5 Å². The van der Waals surface area contributed by atoms with Crippen LogP contribution in [0.5, 0.6) is 0 Å². The molecule has 142 valence electrons. The van der Waals surface area contributed by atoms with Crippen LogP contribution in [0, 0.1) is 11.8 Å². The topological polar surface area (TPSA) is 118 Å². The Morgan fingerprint density at radius 1 is 1.18 bits per heavy atom. The van der Waals surface area contributed by atoms with E-state index in [1.807, 2.05) is 4.90 Å². The molecule has 1 N–H and O–H groups in total. The van der Waals surface area contributed by atoms with E-state index in [-0.39, 0.29) is 22.8 Å². The van der Waals surface area contributed by atoms with Gasteiger partial charge in [-0.15, -0.1) is 0 Å². The van der Waals surface area contributed by atoms with Crippen LogP contribution in [0.3, 0.4) is 0 Å². The van der Waals surface area contributed by atoms with Gasteiger partial charge in [-0.1, -0.05) is 0 Å². The molecule has 2 fully saturated rings. The Hall–Kier alpha value is -3.14. The molecule has 3 aromatic heterocycles. The fourth-order valence-corrected chi connectivity index (χ4v) is 4.00. The third kappa shape index (κ3) is 2.68. The second kappa shape index (κ2) is 6.20. The molecular weight excluding hydrogens is 382 g/mol. The fraction of sp³-hybridized carbons (Fsp3) is 0.333. The summed E-state index contributed by atoms with van der Waals surface area (Å²) in [7, 11) is 0. The van der Waals surface area contributed by atoms with Gasteiger partial charge >= 0.3 is 5.97 Å².